The van der Waals surface area contributed by atoms with E-state index in [1.54, 1.807) is 24.3 Å². The molecule has 0 radical (unpaired) electrons. The van der Waals surface area contributed by atoms with E-state index >= 15 is 0 Å². The van der Waals surface area contributed by atoms with Crippen molar-refractivity contribution in [2.24, 2.45) is 0 Å². The zero-order valence-corrected chi connectivity index (χ0v) is 18.8. The maximum Gasteiger partial charge on any atom is 0.326 e. The van der Waals surface area contributed by atoms with Gasteiger partial charge in [0.05, 0.1) is 0 Å². The number of benzene rings is 2. The van der Waals surface area contributed by atoms with Crippen molar-refractivity contribution in [2.45, 2.75) is 44.9 Å². The quantitative estimate of drug-likeness (QED) is 0.650. The first kappa shape index (κ1) is 22.3. The Bertz CT molecular complexity index is 906. The van der Waals surface area contributed by atoms with E-state index in [0.29, 0.717) is 24.3 Å². The second-order valence-corrected chi connectivity index (χ2v) is 8.76. The number of urea groups is 1. The SMILES string of the molecule is O=C(NCCCN1CCCCC1)c1ccc(NC(=O)N2CCCCc3ccccc32)cc1. The van der Waals surface area contributed by atoms with Gasteiger partial charge in [-0.1, -0.05) is 24.6 Å². The second-order valence-electron chi connectivity index (χ2n) is 8.76. The van der Waals surface area contributed by atoms with E-state index in [1.807, 2.05) is 23.1 Å². The average Bonchev–Trinajstić information content (AvgIpc) is 3.05. The number of hydrogen-bond donors (Lipinski definition) is 2. The molecule has 6 heteroatoms. The Morgan fingerprint density at radius 2 is 1.59 bits per heavy atom. The molecular formula is C26H34N4O2. The molecule has 0 aliphatic carbocycles. The third kappa shape index (κ3) is 5.88. The lowest BCUT2D eigenvalue weighted by molar-refractivity contribution is 0.0951. The van der Waals surface area contributed by atoms with E-state index in [2.05, 4.69) is 21.6 Å². The molecule has 0 unspecified atom stereocenters. The molecule has 1 fully saturated rings. The van der Waals surface area contributed by atoms with Crippen molar-refractivity contribution >= 4 is 23.3 Å². The number of nitrogens with zero attached hydrogens (tertiary/aromatic N) is 2. The van der Waals surface area contributed by atoms with Gasteiger partial charge in [-0.3, -0.25) is 9.69 Å². The predicted molar refractivity (Wildman–Crippen MR) is 129 cm³/mol. The van der Waals surface area contributed by atoms with Crippen molar-refractivity contribution in [3.8, 4) is 0 Å². The summed E-state index contributed by atoms with van der Waals surface area (Å²) in [6, 6.07) is 15.1. The highest BCUT2D eigenvalue weighted by molar-refractivity contribution is 6.02. The molecule has 4 rings (SSSR count). The fourth-order valence-corrected chi connectivity index (χ4v) is 4.59. The van der Waals surface area contributed by atoms with Crippen molar-refractivity contribution < 1.29 is 9.59 Å². The van der Waals surface area contributed by atoms with Gasteiger partial charge < -0.3 is 15.5 Å². The molecule has 3 amide bonds. The summed E-state index contributed by atoms with van der Waals surface area (Å²) in [4.78, 5) is 29.7. The molecule has 6 nitrogen and oxygen atoms in total. The molecule has 0 aromatic heterocycles. The smallest absolute Gasteiger partial charge is 0.326 e. The highest BCUT2D eigenvalue weighted by Gasteiger charge is 2.21. The van der Waals surface area contributed by atoms with Gasteiger partial charge in [-0.05, 0) is 94.1 Å². The van der Waals surface area contributed by atoms with Gasteiger partial charge in [-0.25, -0.2) is 4.79 Å². The summed E-state index contributed by atoms with van der Waals surface area (Å²) in [5, 5.41) is 5.99. The van der Waals surface area contributed by atoms with Crippen LogP contribution in [-0.4, -0.2) is 49.6 Å². The molecular weight excluding hydrogens is 400 g/mol. The first-order chi connectivity index (χ1) is 15.7. The number of carbonyl (C=O) groups excluding carboxylic acids is 2. The third-order valence-corrected chi connectivity index (χ3v) is 6.39. The molecule has 0 atom stereocenters. The average molecular weight is 435 g/mol. The number of aryl methyl sites for hydroxylation is 1. The Hall–Kier alpha value is -2.86. The fraction of sp³-hybridized carbons (Fsp3) is 0.462. The summed E-state index contributed by atoms with van der Waals surface area (Å²) < 4.78 is 0. The first-order valence-corrected chi connectivity index (χ1v) is 12.0. The number of anilines is 2. The van der Waals surface area contributed by atoms with Crippen molar-refractivity contribution in [1.82, 2.24) is 10.2 Å². The molecule has 2 aliphatic heterocycles. The molecule has 170 valence electrons. The lowest BCUT2D eigenvalue weighted by Crippen LogP contribution is -2.35. The largest absolute Gasteiger partial charge is 0.352 e. The first-order valence-electron chi connectivity index (χ1n) is 12.0. The van der Waals surface area contributed by atoms with E-state index < -0.39 is 0 Å². The molecule has 2 aliphatic rings. The van der Waals surface area contributed by atoms with Gasteiger partial charge in [0.25, 0.3) is 5.91 Å². The molecule has 2 N–H and O–H groups in total. The number of fused-ring (bicyclic) bond motifs is 1. The van der Waals surface area contributed by atoms with Crippen molar-refractivity contribution in [3.05, 3.63) is 59.7 Å². The zero-order valence-electron chi connectivity index (χ0n) is 18.8. The number of nitrogens with one attached hydrogen (secondary N) is 2. The Labute approximate surface area is 191 Å². The number of rotatable bonds is 6. The maximum absolute atomic E-state index is 12.9. The van der Waals surface area contributed by atoms with Crippen LogP contribution in [0.1, 0.15) is 54.4 Å². The Morgan fingerprint density at radius 3 is 2.41 bits per heavy atom. The van der Waals surface area contributed by atoms with Crippen molar-refractivity contribution in [3.63, 3.8) is 0 Å². The van der Waals surface area contributed by atoms with Gasteiger partial charge in [0, 0.05) is 30.0 Å². The van der Waals surface area contributed by atoms with Crippen LogP contribution >= 0.6 is 0 Å². The summed E-state index contributed by atoms with van der Waals surface area (Å²) in [6.45, 7) is 4.81. The van der Waals surface area contributed by atoms with Crippen LogP contribution in [0.3, 0.4) is 0 Å². The lowest BCUT2D eigenvalue weighted by Gasteiger charge is -2.26. The third-order valence-electron chi connectivity index (χ3n) is 6.39. The molecule has 0 saturated carbocycles. The number of likely N-dealkylation sites (tertiary alicyclic amines) is 1. The maximum atomic E-state index is 12.9. The van der Waals surface area contributed by atoms with Gasteiger partial charge in [-0.15, -0.1) is 0 Å². The van der Waals surface area contributed by atoms with Gasteiger partial charge in [0.2, 0.25) is 0 Å². The monoisotopic (exact) mass is 434 g/mol. The number of piperidine rings is 1. The predicted octanol–water partition coefficient (Wildman–Crippen LogP) is 4.67. The van der Waals surface area contributed by atoms with Crippen LogP contribution in [0, 0.1) is 0 Å². The van der Waals surface area contributed by atoms with Gasteiger partial charge >= 0.3 is 6.03 Å². The zero-order chi connectivity index (χ0) is 22.2. The highest BCUT2D eigenvalue weighted by Crippen LogP contribution is 2.26. The molecule has 32 heavy (non-hydrogen) atoms. The molecule has 2 aromatic rings. The van der Waals surface area contributed by atoms with Crippen LogP contribution in [0.15, 0.2) is 48.5 Å². The minimum absolute atomic E-state index is 0.0667. The van der Waals surface area contributed by atoms with Crippen LogP contribution in [-0.2, 0) is 6.42 Å². The number of carbonyl (C=O) groups is 2. The summed E-state index contributed by atoms with van der Waals surface area (Å²) in [7, 11) is 0. The van der Waals surface area contributed by atoms with Gasteiger partial charge in [0.1, 0.15) is 0 Å². The number of hydrogen-bond acceptors (Lipinski definition) is 3. The summed E-state index contributed by atoms with van der Waals surface area (Å²) in [5.41, 5.74) is 3.51. The Balaban J connectivity index is 1.27. The van der Waals surface area contributed by atoms with Crippen LogP contribution in [0.25, 0.3) is 0 Å². The van der Waals surface area contributed by atoms with Gasteiger partial charge in [-0.2, -0.15) is 0 Å². The van der Waals surface area contributed by atoms with Crippen molar-refractivity contribution in [2.75, 3.05) is 42.9 Å². The van der Waals surface area contributed by atoms with Crippen molar-refractivity contribution in [1.29, 1.82) is 0 Å². The van der Waals surface area contributed by atoms with Gasteiger partial charge in [0.15, 0.2) is 0 Å². The number of para-hydroxylation sites is 1. The summed E-state index contributed by atoms with van der Waals surface area (Å²) >= 11 is 0. The Morgan fingerprint density at radius 1 is 0.844 bits per heavy atom. The van der Waals surface area contributed by atoms with E-state index in [4.69, 9.17) is 0 Å². The standard InChI is InChI=1S/C26H34N4O2/c31-25(27-16-8-19-29-17-5-1-6-18-29)22-12-14-23(15-13-22)28-26(32)30-20-7-4-10-21-9-2-3-11-24(21)30/h2-3,9,11-15H,1,4-8,10,16-20H2,(H,27,31)(H,28,32). The molecule has 0 spiro atoms. The molecule has 2 aromatic carbocycles. The van der Waals surface area contributed by atoms with E-state index in [-0.39, 0.29) is 11.9 Å². The fourth-order valence-electron chi connectivity index (χ4n) is 4.59. The van der Waals surface area contributed by atoms with E-state index in [1.165, 1.54) is 37.9 Å². The second kappa shape index (κ2) is 11.1. The van der Waals surface area contributed by atoms with E-state index in [9.17, 15) is 9.59 Å². The minimum atomic E-state index is -0.130. The van der Waals surface area contributed by atoms with E-state index in [0.717, 1.165) is 37.9 Å². The molecule has 1 saturated heterocycles. The molecule has 0 bridgehead atoms. The highest BCUT2D eigenvalue weighted by atomic mass is 16.2. The van der Waals surface area contributed by atoms with Crippen LogP contribution in [0.2, 0.25) is 0 Å². The van der Waals surface area contributed by atoms with Crippen LogP contribution < -0.4 is 15.5 Å². The van der Waals surface area contributed by atoms with Crippen LogP contribution in [0.5, 0.6) is 0 Å². The lowest BCUT2D eigenvalue weighted by atomic mass is 10.1. The molecule has 2 heterocycles. The topological polar surface area (TPSA) is 64.7 Å². The Kier molecular flexibility index (Phi) is 7.77. The summed E-state index contributed by atoms with van der Waals surface area (Å²) in [5.74, 6) is -0.0667. The normalized spacial score (nSPS) is 16.7. The minimum Gasteiger partial charge on any atom is -0.352 e. The van der Waals surface area contributed by atoms with Crippen LogP contribution in [0.4, 0.5) is 16.2 Å². The number of amides is 3. The summed E-state index contributed by atoms with van der Waals surface area (Å²) in [6.07, 6.45) is 7.97.